The van der Waals surface area contributed by atoms with E-state index in [0.717, 1.165) is 0 Å². The van der Waals surface area contributed by atoms with Crippen LogP contribution < -0.4 is 0 Å². The summed E-state index contributed by atoms with van der Waals surface area (Å²) in [5.74, 6) is -1.26. The molecule has 0 spiro atoms. The molecule has 2 rings (SSSR count). The second-order valence-corrected chi connectivity index (χ2v) is 8.50. The zero-order valence-corrected chi connectivity index (χ0v) is 13.7. The lowest BCUT2D eigenvalue weighted by Crippen LogP contribution is -2.21. The van der Waals surface area contributed by atoms with Crippen molar-refractivity contribution in [1.82, 2.24) is 0 Å². The Hall–Kier alpha value is -0.200. The van der Waals surface area contributed by atoms with Crippen LogP contribution in [0.2, 0.25) is 0 Å². The number of sulfone groups is 1. The molecule has 0 amide bonds. The highest BCUT2D eigenvalue weighted by molar-refractivity contribution is 9.10. The molecular formula is C13H14BrClF2O2S. The minimum absolute atomic E-state index is 0.0330. The van der Waals surface area contributed by atoms with Gasteiger partial charge in [0.25, 0.3) is 0 Å². The summed E-state index contributed by atoms with van der Waals surface area (Å²) < 4.78 is 50.9. The quantitative estimate of drug-likeness (QED) is 0.585. The van der Waals surface area contributed by atoms with E-state index in [1.165, 1.54) is 12.1 Å². The van der Waals surface area contributed by atoms with E-state index in [9.17, 15) is 17.2 Å². The minimum atomic E-state index is -3.03. The van der Waals surface area contributed by atoms with E-state index in [2.05, 4.69) is 15.9 Å². The Kier molecular flexibility index (Phi) is 5.08. The van der Waals surface area contributed by atoms with Gasteiger partial charge in [0, 0.05) is 11.4 Å². The standard InChI is InChI=1S/C13H14BrClF2O2S/c14-11-1-2-12(16)10(13(11)17)5-9(6-15)8-3-4-20(18,19)7-8/h1-2,8-9H,3-7H2. The third-order valence-electron chi connectivity index (χ3n) is 3.74. The molecule has 112 valence electrons. The first-order valence-corrected chi connectivity index (χ1v) is 9.37. The number of alkyl halides is 1. The Morgan fingerprint density at radius 1 is 1.40 bits per heavy atom. The van der Waals surface area contributed by atoms with Gasteiger partial charge in [0.15, 0.2) is 9.84 Å². The van der Waals surface area contributed by atoms with Gasteiger partial charge in [-0.3, -0.25) is 0 Å². The topological polar surface area (TPSA) is 34.1 Å². The molecule has 0 radical (unpaired) electrons. The number of hydrogen-bond acceptors (Lipinski definition) is 2. The number of halogens is 4. The number of rotatable bonds is 4. The summed E-state index contributed by atoms with van der Waals surface area (Å²) in [4.78, 5) is 0. The highest BCUT2D eigenvalue weighted by Gasteiger charge is 2.34. The molecule has 2 unspecified atom stereocenters. The average Bonchev–Trinajstić information content (AvgIpc) is 2.75. The predicted molar refractivity (Wildman–Crippen MR) is 78.7 cm³/mol. The van der Waals surface area contributed by atoms with Crippen LogP contribution >= 0.6 is 27.5 Å². The molecule has 1 aromatic rings. The fraction of sp³-hybridized carbons (Fsp3) is 0.538. The van der Waals surface area contributed by atoms with Crippen molar-refractivity contribution >= 4 is 37.4 Å². The van der Waals surface area contributed by atoms with Crippen LogP contribution in [0.3, 0.4) is 0 Å². The fourth-order valence-electron chi connectivity index (χ4n) is 2.56. The van der Waals surface area contributed by atoms with Crippen molar-refractivity contribution < 1.29 is 17.2 Å². The summed E-state index contributed by atoms with van der Waals surface area (Å²) in [6.07, 6.45) is 0.623. The Labute approximate surface area is 130 Å². The molecule has 2 atom stereocenters. The molecule has 0 aliphatic carbocycles. The zero-order valence-electron chi connectivity index (χ0n) is 10.6. The molecule has 0 aromatic heterocycles. The molecule has 2 nitrogen and oxygen atoms in total. The summed E-state index contributed by atoms with van der Waals surface area (Å²) in [7, 11) is -3.03. The van der Waals surface area contributed by atoms with Crippen molar-refractivity contribution in [3.8, 4) is 0 Å². The third kappa shape index (κ3) is 3.52. The second-order valence-electron chi connectivity index (χ2n) is 5.10. The summed E-state index contributed by atoms with van der Waals surface area (Å²) in [6.45, 7) is 0. The third-order valence-corrected chi connectivity index (χ3v) is 6.54. The smallest absolute Gasteiger partial charge is 0.150 e. The minimum Gasteiger partial charge on any atom is -0.229 e. The Morgan fingerprint density at radius 2 is 2.10 bits per heavy atom. The molecule has 1 aliphatic rings. The zero-order chi connectivity index (χ0) is 14.9. The highest BCUT2D eigenvalue weighted by atomic mass is 79.9. The van der Waals surface area contributed by atoms with Crippen molar-refractivity contribution in [3.63, 3.8) is 0 Å². The van der Waals surface area contributed by atoms with Crippen molar-refractivity contribution in [3.05, 3.63) is 33.8 Å². The van der Waals surface area contributed by atoms with Gasteiger partial charge in [-0.25, -0.2) is 17.2 Å². The van der Waals surface area contributed by atoms with Gasteiger partial charge in [-0.1, -0.05) is 0 Å². The van der Waals surface area contributed by atoms with Gasteiger partial charge in [0.1, 0.15) is 11.6 Å². The van der Waals surface area contributed by atoms with Gasteiger partial charge >= 0.3 is 0 Å². The molecular weight excluding hydrogens is 374 g/mol. The molecule has 0 bridgehead atoms. The maximum absolute atomic E-state index is 13.9. The maximum atomic E-state index is 13.9. The van der Waals surface area contributed by atoms with E-state index < -0.39 is 21.5 Å². The van der Waals surface area contributed by atoms with E-state index in [-0.39, 0.29) is 45.7 Å². The van der Waals surface area contributed by atoms with Crippen LogP contribution in [0.15, 0.2) is 16.6 Å². The number of benzene rings is 1. The predicted octanol–water partition coefficient (Wildman–Crippen LogP) is 3.56. The molecule has 0 saturated carbocycles. The van der Waals surface area contributed by atoms with Crippen molar-refractivity contribution in [2.45, 2.75) is 12.8 Å². The Morgan fingerprint density at radius 3 is 2.65 bits per heavy atom. The molecule has 1 aliphatic heterocycles. The monoisotopic (exact) mass is 386 g/mol. The molecule has 1 heterocycles. The lowest BCUT2D eigenvalue weighted by atomic mass is 9.87. The van der Waals surface area contributed by atoms with E-state index in [4.69, 9.17) is 11.6 Å². The van der Waals surface area contributed by atoms with Gasteiger partial charge in [-0.2, -0.15) is 0 Å². The van der Waals surface area contributed by atoms with E-state index in [1.54, 1.807) is 0 Å². The lowest BCUT2D eigenvalue weighted by Gasteiger charge is -2.20. The first-order chi connectivity index (χ1) is 9.34. The Balaban J connectivity index is 2.21. The van der Waals surface area contributed by atoms with Gasteiger partial charge in [0.2, 0.25) is 0 Å². The van der Waals surface area contributed by atoms with Crippen LogP contribution in [-0.4, -0.2) is 25.8 Å². The maximum Gasteiger partial charge on any atom is 0.150 e. The van der Waals surface area contributed by atoms with Crippen molar-refractivity contribution in [1.29, 1.82) is 0 Å². The van der Waals surface area contributed by atoms with Crippen LogP contribution in [0.4, 0.5) is 8.78 Å². The van der Waals surface area contributed by atoms with Gasteiger partial charge in [-0.15, -0.1) is 11.6 Å². The van der Waals surface area contributed by atoms with Crippen molar-refractivity contribution in [2.24, 2.45) is 11.8 Å². The average molecular weight is 388 g/mol. The SMILES string of the molecule is O=S1(=O)CCC(C(CCl)Cc2c(F)ccc(Br)c2F)C1. The lowest BCUT2D eigenvalue weighted by molar-refractivity contribution is 0.385. The Bertz CT molecular complexity index is 607. The molecule has 1 fully saturated rings. The van der Waals surface area contributed by atoms with Gasteiger partial charge in [0.05, 0.1) is 16.0 Å². The highest BCUT2D eigenvalue weighted by Crippen LogP contribution is 2.32. The van der Waals surface area contributed by atoms with Crippen LogP contribution in [0.1, 0.15) is 12.0 Å². The molecule has 1 saturated heterocycles. The fourth-order valence-corrected chi connectivity index (χ4v) is 5.21. The van der Waals surface area contributed by atoms with Gasteiger partial charge in [-0.05, 0) is 52.7 Å². The van der Waals surface area contributed by atoms with Crippen molar-refractivity contribution in [2.75, 3.05) is 17.4 Å². The first kappa shape index (κ1) is 16.2. The summed E-state index contributed by atoms with van der Waals surface area (Å²) in [6, 6.07) is 2.50. The summed E-state index contributed by atoms with van der Waals surface area (Å²) in [5, 5.41) is 0. The van der Waals surface area contributed by atoms with Crippen LogP contribution in [0.25, 0.3) is 0 Å². The summed E-state index contributed by atoms with van der Waals surface area (Å²) in [5.41, 5.74) is -0.0330. The second kappa shape index (κ2) is 6.28. The van der Waals surface area contributed by atoms with Gasteiger partial charge < -0.3 is 0 Å². The van der Waals surface area contributed by atoms with E-state index in [0.29, 0.717) is 6.42 Å². The molecule has 1 aromatic carbocycles. The van der Waals surface area contributed by atoms with Crippen LogP contribution in [-0.2, 0) is 16.3 Å². The van der Waals surface area contributed by atoms with E-state index in [1.807, 2.05) is 0 Å². The van der Waals surface area contributed by atoms with Crippen LogP contribution in [0, 0.1) is 23.5 Å². The van der Waals surface area contributed by atoms with Crippen LogP contribution in [0.5, 0.6) is 0 Å². The van der Waals surface area contributed by atoms with E-state index >= 15 is 0 Å². The summed E-state index contributed by atoms with van der Waals surface area (Å²) >= 11 is 8.91. The number of hydrogen-bond donors (Lipinski definition) is 0. The molecule has 7 heteroatoms. The normalized spacial score (nSPS) is 22.9. The first-order valence-electron chi connectivity index (χ1n) is 6.23. The molecule has 0 N–H and O–H groups in total. The molecule has 20 heavy (non-hydrogen) atoms. The largest absolute Gasteiger partial charge is 0.229 e.